The van der Waals surface area contributed by atoms with Crippen LogP contribution in [0.4, 0.5) is 0 Å². The van der Waals surface area contributed by atoms with E-state index in [1.807, 2.05) is 24.3 Å². The third-order valence-corrected chi connectivity index (χ3v) is 8.32. The van der Waals surface area contributed by atoms with Crippen molar-refractivity contribution in [2.75, 3.05) is 20.1 Å². The van der Waals surface area contributed by atoms with E-state index in [1.54, 1.807) is 24.3 Å². The maximum absolute atomic E-state index is 11.7. The number of aliphatic hydroxyl groups is 2. The molecule has 2 unspecified atom stereocenters. The van der Waals surface area contributed by atoms with Gasteiger partial charge in [0.05, 0.1) is 11.2 Å². The van der Waals surface area contributed by atoms with Gasteiger partial charge in [0.15, 0.2) is 0 Å². The molecule has 0 amide bonds. The van der Waals surface area contributed by atoms with Crippen LogP contribution >= 0.6 is 0 Å². The molecule has 0 radical (unpaired) electrons. The average Bonchev–Trinajstić information content (AvgIpc) is 2.83. The predicted molar refractivity (Wildman–Crippen MR) is 135 cm³/mol. The molecule has 0 aliphatic heterocycles. The highest BCUT2D eigenvalue weighted by molar-refractivity contribution is 5.32. The smallest absolute Gasteiger partial charge is 0.115 e. The zero-order valence-electron chi connectivity index (χ0n) is 20.5. The Balaban J connectivity index is 1.59. The monoisotopic (exact) mass is 467 g/mol. The van der Waals surface area contributed by atoms with E-state index in [1.165, 1.54) is 0 Å². The van der Waals surface area contributed by atoms with E-state index in [0.717, 1.165) is 75.3 Å². The molecule has 2 atom stereocenters. The summed E-state index contributed by atoms with van der Waals surface area (Å²) in [7, 11) is 2.08. The lowest BCUT2D eigenvalue weighted by Gasteiger charge is -2.44. The maximum atomic E-state index is 11.7. The summed E-state index contributed by atoms with van der Waals surface area (Å²) in [4.78, 5) is 2.26. The second-order valence-electron chi connectivity index (χ2n) is 10.8. The molecule has 2 aliphatic carbocycles. The summed E-state index contributed by atoms with van der Waals surface area (Å²) in [6, 6.07) is 14.6. The standard InChI is InChI=1S/C29H41NO4/c1-30(20-26(22-8-12-24(31)13-9-22)28(33)16-4-2-5-17-28)21-27(23-10-14-25(32)15-11-23)29(34)18-6-3-7-19-29/h8-15,26-27,31-34H,2-7,16-21H2,1H3. The van der Waals surface area contributed by atoms with Crippen LogP contribution in [0.25, 0.3) is 0 Å². The Morgan fingerprint density at radius 1 is 0.618 bits per heavy atom. The molecule has 2 aromatic rings. The Labute approximate surface area is 204 Å². The van der Waals surface area contributed by atoms with Crippen molar-refractivity contribution in [3.05, 3.63) is 59.7 Å². The SMILES string of the molecule is CN(CC(c1ccc(O)cc1)C1(O)CCCCC1)CC(c1ccc(O)cc1)C1(O)CCCCC1. The largest absolute Gasteiger partial charge is 0.508 e. The van der Waals surface area contributed by atoms with Gasteiger partial charge in [0, 0.05) is 24.9 Å². The number of rotatable bonds is 8. The summed E-state index contributed by atoms with van der Waals surface area (Å²) >= 11 is 0. The lowest BCUT2D eigenvalue weighted by molar-refractivity contribution is -0.0423. The molecule has 34 heavy (non-hydrogen) atoms. The second-order valence-corrected chi connectivity index (χ2v) is 10.8. The molecule has 4 N–H and O–H groups in total. The Morgan fingerprint density at radius 3 is 1.26 bits per heavy atom. The number of hydrogen-bond donors (Lipinski definition) is 4. The molecule has 5 heteroatoms. The minimum Gasteiger partial charge on any atom is -0.508 e. The predicted octanol–water partition coefficient (Wildman–Crippen LogP) is 5.29. The molecular weight excluding hydrogens is 426 g/mol. The van der Waals surface area contributed by atoms with Crippen LogP contribution in [0, 0.1) is 0 Å². The van der Waals surface area contributed by atoms with Crippen molar-refractivity contribution in [3.63, 3.8) is 0 Å². The van der Waals surface area contributed by atoms with Gasteiger partial charge >= 0.3 is 0 Å². The normalized spacial score (nSPS) is 21.8. The van der Waals surface area contributed by atoms with Crippen molar-refractivity contribution in [2.45, 2.75) is 87.2 Å². The Kier molecular flexibility index (Phi) is 7.86. The van der Waals surface area contributed by atoms with Gasteiger partial charge in [-0.05, 0) is 68.1 Å². The van der Waals surface area contributed by atoms with Gasteiger partial charge < -0.3 is 25.3 Å². The van der Waals surface area contributed by atoms with Crippen molar-refractivity contribution in [1.82, 2.24) is 4.90 Å². The van der Waals surface area contributed by atoms with E-state index in [4.69, 9.17) is 0 Å². The number of hydrogen-bond acceptors (Lipinski definition) is 5. The van der Waals surface area contributed by atoms with Gasteiger partial charge in [-0.1, -0.05) is 62.8 Å². The van der Waals surface area contributed by atoms with E-state index < -0.39 is 11.2 Å². The molecule has 0 spiro atoms. The molecule has 0 aromatic heterocycles. The zero-order valence-corrected chi connectivity index (χ0v) is 20.5. The third kappa shape index (κ3) is 5.76. The van der Waals surface area contributed by atoms with Gasteiger partial charge in [-0.3, -0.25) is 0 Å². The van der Waals surface area contributed by atoms with Crippen LogP contribution in [-0.4, -0.2) is 56.7 Å². The number of aromatic hydroxyl groups is 2. The molecular formula is C29H41NO4. The Morgan fingerprint density at radius 2 is 0.941 bits per heavy atom. The summed E-state index contributed by atoms with van der Waals surface area (Å²) in [5.74, 6) is 0.330. The van der Waals surface area contributed by atoms with Crippen LogP contribution in [0.1, 0.15) is 87.2 Å². The first-order chi connectivity index (χ1) is 16.3. The van der Waals surface area contributed by atoms with E-state index in [2.05, 4.69) is 11.9 Å². The van der Waals surface area contributed by atoms with Crippen molar-refractivity contribution in [3.8, 4) is 11.5 Å². The summed E-state index contributed by atoms with van der Waals surface area (Å²) in [6.45, 7) is 1.35. The summed E-state index contributed by atoms with van der Waals surface area (Å²) < 4.78 is 0. The quantitative estimate of drug-likeness (QED) is 0.424. The number of phenolic OH excluding ortho intramolecular Hbond substituents is 2. The van der Waals surface area contributed by atoms with Crippen LogP contribution in [0.5, 0.6) is 11.5 Å². The van der Waals surface area contributed by atoms with Crippen LogP contribution in [-0.2, 0) is 0 Å². The molecule has 2 aromatic carbocycles. The van der Waals surface area contributed by atoms with Crippen LogP contribution in [0.3, 0.4) is 0 Å². The number of likely N-dealkylation sites (N-methyl/N-ethyl adjacent to an activating group) is 1. The fourth-order valence-corrected chi connectivity index (χ4v) is 6.31. The van der Waals surface area contributed by atoms with Gasteiger partial charge in [0.2, 0.25) is 0 Å². The Bertz CT molecular complexity index is 823. The van der Waals surface area contributed by atoms with E-state index in [0.29, 0.717) is 13.1 Å². The first-order valence-corrected chi connectivity index (χ1v) is 13.0. The van der Waals surface area contributed by atoms with Gasteiger partial charge in [0.25, 0.3) is 0 Å². The number of benzene rings is 2. The number of phenols is 2. The van der Waals surface area contributed by atoms with Crippen molar-refractivity contribution < 1.29 is 20.4 Å². The lowest BCUT2D eigenvalue weighted by Crippen LogP contribution is -2.47. The third-order valence-electron chi connectivity index (χ3n) is 8.32. The van der Waals surface area contributed by atoms with Crippen molar-refractivity contribution in [2.24, 2.45) is 0 Å². The van der Waals surface area contributed by atoms with Gasteiger partial charge in [-0.15, -0.1) is 0 Å². The molecule has 0 saturated heterocycles. The highest BCUT2D eigenvalue weighted by Gasteiger charge is 2.42. The van der Waals surface area contributed by atoms with Crippen molar-refractivity contribution in [1.29, 1.82) is 0 Å². The zero-order chi connectivity index (χ0) is 24.2. The van der Waals surface area contributed by atoms with E-state index in [9.17, 15) is 20.4 Å². The highest BCUT2D eigenvalue weighted by atomic mass is 16.3. The molecule has 0 bridgehead atoms. The van der Waals surface area contributed by atoms with Gasteiger partial charge in [-0.25, -0.2) is 0 Å². The summed E-state index contributed by atoms with van der Waals surface area (Å²) in [5.41, 5.74) is 0.566. The molecule has 5 nitrogen and oxygen atoms in total. The Hall–Kier alpha value is -2.08. The first kappa shape index (κ1) is 25.0. The van der Waals surface area contributed by atoms with Gasteiger partial charge in [0.1, 0.15) is 11.5 Å². The second kappa shape index (κ2) is 10.7. The fourth-order valence-electron chi connectivity index (χ4n) is 6.31. The first-order valence-electron chi connectivity index (χ1n) is 13.0. The molecule has 186 valence electrons. The topological polar surface area (TPSA) is 84.2 Å². The molecule has 0 heterocycles. The number of nitrogens with zero attached hydrogens (tertiary/aromatic N) is 1. The summed E-state index contributed by atoms with van der Waals surface area (Å²) in [6.07, 6.45) is 9.61. The van der Waals surface area contributed by atoms with E-state index in [-0.39, 0.29) is 23.3 Å². The lowest BCUT2D eigenvalue weighted by atomic mass is 9.71. The maximum Gasteiger partial charge on any atom is 0.115 e. The fraction of sp³-hybridized carbons (Fsp3) is 0.586. The molecule has 2 aliphatic rings. The van der Waals surface area contributed by atoms with Crippen LogP contribution < -0.4 is 0 Å². The summed E-state index contributed by atoms with van der Waals surface area (Å²) in [5, 5.41) is 43.1. The average molecular weight is 468 g/mol. The minimum absolute atomic E-state index is 0.0696. The molecule has 2 fully saturated rings. The van der Waals surface area contributed by atoms with Crippen LogP contribution in [0.2, 0.25) is 0 Å². The van der Waals surface area contributed by atoms with Crippen LogP contribution in [0.15, 0.2) is 48.5 Å². The minimum atomic E-state index is -0.765. The van der Waals surface area contributed by atoms with Crippen molar-refractivity contribution >= 4 is 0 Å². The molecule has 2 saturated carbocycles. The highest BCUT2D eigenvalue weighted by Crippen LogP contribution is 2.43. The molecule has 4 rings (SSSR count). The van der Waals surface area contributed by atoms with E-state index >= 15 is 0 Å². The van der Waals surface area contributed by atoms with Gasteiger partial charge in [-0.2, -0.15) is 0 Å².